The van der Waals surface area contributed by atoms with E-state index in [1.54, 1.807) is 31.4 Å². The highest BCUT2D eigenvalue weighted by Crippen LogP contribution is 2.24. The van der Waals surface area contributed by atoms with Crippen molar-refractivity contribution in [3.05, 3.63) is 58.5 Å². The van der Waals surface area contributed by atoms with Gasteiger partial charge in [-0.15, -0.1) is 11.3 Å². The highest BCUT2D eigenvalue weighted by molar-refractivity contribution is 7.21. The van der Waals surface area contributed by atoms with Crippen molar-refractivity contribution in [1.29, 1.82) is 0 Å². The Morgan fingerprint density at radius 3 is 2.96 bits per heavy atom. The first kappa shape index (κ1) is 16.2. The van der Waals surface area contributed by atoms with Crippen LogP contribution in [0.5, 0.6) is 0 Å². The lowest BCUT2D eigenvalue weighted by atomic mass is 10.2. The number of amides is 1. The van der Waals surface area contributed by atoms with Gasteiger partial charge in [0, 0.05) is 30.1 Å². The van der Waals surface area contributed by atoms with Crippen LogP contribution in [-0.2, 0) is 4.74 Å². The zero-order valence-corrected chi connectivity index (χ0v) is 13.8. The second-order valence-electron chi connectivity index (χ2n) is 5.00. The number of pyridine rings is 1. The lowest BCUT2D eigenvalue weighted by Crippen LogP contribution is -2.26. The Morgan fingerprint density at radius 1 is 1.29 bits per heavy atom. The molecule has 1 amide bonds. The molecule has 0 aliphatic heterocycles. The van der Waals surface area contributed by atoms with Crippen molar-refractivity contribution < 1.29 is 9.53 Å². The van der Waals surface area contributed by atoms with Gasteiger partial charge in [0.2, 0.25) is 0 Å². The summed E-state index contributed by atoms with van der Waals surface area (Å²) < 4.78 is 5.74. The largest absolute Gasteiger partial charge is 0.383 e. The smallest absolute Gasteiger partial charge is 0.279 e. The van der Waals surface area contributed by atoms with Gasteiger partial charge in [-0.05, 0) is 24.3 Å². The van der Waals surface area contributed by atoms with Gasteiger partial charge < -0.3 is 10.1 Å². The van der Waals surface area contributed by atoms with Crippen LogP contribution in [-0.4, -0.2) is 36.1 Å². The van der Waals surface area contributed by atoms with Crippen LogP contribution in [0.25, 0.3) is 20.8 Å². The van der Waals surface area contributed by atoms with Gasteiger partial charge in [0.15, 0.2) is 0 Å². The molecule has 0 bridgehead atoms. The number of methoxy groups -OCH3 is 1. The predicted molar refractivity (Wildman–Crippen MR) is 93.3 cm³/mol. The number of fused-ring (bicyclic) bond motifs is 1. The molecule has 1 aromatic carbocycles. The van der Waals surface area contributed by atoms with Crippen molar-refractivity contribution in [2.75, 3.05) is 20.3 Å². The summed E-state index contributed by atoms with van der Waals surface area (Å²) in [6, 6.07) is 10.5. The Balaban J connectivity index is 1.94. The third kappa shape index (κ3) is 3.47. The second kappa shape index (κ2) is 7.29. The molecular weight excluding hydrogens is 326 g/mol. The zero-order chi connectivity index (χ0) is 16.9. The van der Waals surface area contributed by atoms with Crippen molar-refractivity contribution in [3.8, 4) is 10.7 Å². The molecule has 6 nitrogen and oxygen atoms in total. The molecule has 0 unspecified atom stereocenters. The fraction of sp³-hybridized carbons (Fsp3) is 0.176. The number of benzene rings is 1. The van der Waals surface area contributed by atoms with Gasteiger partial charge >= 0.3 is 0 Å². The molecule has 0 fully saturated rings. The Morgan fingerprint density at radius 2 is 2.12 bits per heavy atom. The third-order valence-electron chi connectivity index (χ3n) is 3.36. The molecule has 0 saturated carbocycles. The number of aromatic nitrogens is 2. The van der Waals surface area contributed by atoms with Gasteiger partial charge in [0.25, 0.3) is 11.5 Å². The molecule has 0 aliphatic carbocycles. The summed E-state index contributed by atoms with van der Waals surface area (Å²) in [5.74, 6) is -0.219. The van der Waals surface area contributed by atoms with Gasteiger partial charge in [-0.2, -0.15) is 4.98 Å². The fourth-order valence-electron chi connectivity index (χ4n) is 2.18. The number of hydrogen-bond donors (Lipinski definition) is 1. The normalized spacial score (nSPS) is 10.7. The molecule has 0 radical (unpaired) electrons. The third-order valence-corrected chi connectivity index (χ3v) is 4.43. The van der Waals surface area contributed by atoms with Gasteiger partial charge in [-0.3, -0.25) is 14.6 Å². The summed E-state index contributed by atoms with van der Waals surface area (Å²) in [4.78, 5) is 32.6. The van der Waals surface area contributed by atoms with Gasteiger partial charge in [-0.1, -0.05) is 12.1 Å². The molecule has 3 aromatic rings. The van der Waals surface area contributed by atoms with Gasteiger partial charge in [-0.25, -0.2) is 0 Å². The molecular formula is C17H15N3O3S. The molecule has 122 valence electrons. The van der Waals surface area contributed by atoms with E-state index in [1.165, 1.54) is 17.5 Å². The Labute approximate surface area is 142 Å². The number of carbonyl (C=O) groups is 1. The van der Waals surface area contributed by atoms with Crippen LogP contribution in [0.15, 0.2) is 47.4 Å². The van der Waals surface area contributed by atoms with E-state index in [1.807, 2.05) is 12.1 Å². The van der Waals surface area contributed by atoms with E-state index in [-0.39, 0.29) is 11.5 Å². The standard InChI is InChI=1S/C17H15N3O3S/c1-23-9-8-19-15(21)11-6-7-18-13(10-11)17-20-16(22)12-4-2-3-5-14(12)24-17/h2-7,10H,8-9H2,1H3,(H,19,21). The fourth-order valence-corrected chi connectivity index (χ4v) is 3.14. The van der Waals surface area contributed by atoms with E-state index in [4.69, 9.17) is 4.74 Å². The van der Waals surface area contributed by atoms with Gasteiger partial charge in [0.1, 0.15) is 5.01 Å². The topological polar surface area (TPSA) is 81.2 Å². The first-order valence-electron chi connectivity index (χ1n) is 7.32. The molecule has 2 heterocycles. The summed E-state index contributed by atoms with van der Waals surface area (Å²) in [5.41, 5.74) is 0.670. The number of carbonyl (C=O) groups excluding carboxylic acids is 1. The maximum Gasteiger partial charge on any atom is 0.279 e. The van der Waals surface area contributed by atoms with E-state index >= 15 is 0 Å². The summed E-state index contributed by atoms with van der Waals surface area (Å²) in [6.45, 7) is 0.867. The minimum atomic E-state index is -0.295. The number of ether oxygens (including phenoxy) is 1. The summed E-state index contributed by atoms with van der Waals surface area (Å²) in [5, 5.41) is 3.82. The molecule has 7 heteroatoms. The van der Waals surface area contributed by atoms with Crippen molar-refractivity contribution in [3.63, 3.8) is 0 Å². The van der Waals surface area contributed by atoms with Crippen LogP contribution >= 0.6 is 11.3 Å². The highest BCUT2D eigenvalue weighted by Gasteiger charge is 2.11. The molecule has 2 aromatic heterocycles. The second-order valence-corrected chi connectivity index (χ2v) is 6.03. The summed E-state index contributed by atoms with van der Waals surface area (Å²) in [7, 11) is 1.57. The van der Waals surface area contributed by atoms with Crippen molar-refractivity contribution >= 4 is 27.3 Å². The average Bonchev–Trinajstić information content (AvgIpc) is 2.62. The van der Waals surface area contributed by atoms with Crippen LogP contribution in [0.4, 0.5) is 0 Å². The predicted octanol–water partition coefficient (Wildman–Crippen LogP) is 2.09. The van der Waals surface area contributed by atoms with Crippen LogP contribution in [0.1, 0.15) is 10.4 Å². The molecule has 0 saturated heterocycles. The number of hydrogen-bond acceptors (Lipinski definition) is 6. The minimum absolute atomic E-state index is 0.219. The van der Waals surface area contributed by atoms with E-state index in [2.05, 4.69) is 15.3 Å². The van der Waals surface area contributed by atoms with E-state index in [0.29, 0.717) is 34.8 Å². The first-order valence-corrected chi connectivity index (χ1v) is 8.14. The van der Waals surface area contributed by atoms with Crippen LogP contribution in [0.2, 0.25) is 0 Å². The van der Waals surface area contributed by atoms with Crippen molar-refractivity contribution in [1.82, 2.24) is 15.3 Å². The lowest BCUT2D eigenvalue weighted by molar-refractivity contribution is 0.0937. The highest BCUT2D eigenvalue weighted by atomic mass is 32.1. The Kier molecular flexibility index (Phi) is 4.93. The van der Waals surface area contributed by atoms with Crippen LogP contribution in [0, 0.1) is 0 Å². The summed E-state index contributed by atoms with van der Waals surface area (Å²) >= 11 is 1.37. The van der Waals surface area contributed by atoms with Crippen molar-refractivity contribution in [2.24, 2.45) is 0 Å². The quantitative estimate of drug-likeness (QED) is 0.719. The van der Waals surface area contributed by atoms with Gasteiger partial charge in [0.05, 0.1) is 17.7 Å². The molecule has 24 heavy (non-hydrogen) atoms. The molecule has 1 N–H and O–H groups in total. The Bertz CT molecular complexity index is 940. The van der Waals surface area contributed by atoms with Crippen LogP contribution in [0.3, 0.4) is 0 Å². The summed E-state index contributed by atoms with van der Waals surface area (Å²) in [6.07, 6.45) is 1.54. The zero-order valence-electron chi connectivity index (χ0n) is 13.0. The number of nitrogens with zero attached hydrogens (tertiary/aromatic N) is 2. The average molecular weight is 341 g/mol. The monoisotopic (exact) mass is 341 g/mol. The first-order chi connectivity index (χ1) is 11.7. The lowest BCUT2D eigenvalue weighted by Gasteiger charge is -2.06. The molecule has 0 atom stereocenters. The van der Waals surface area contributed by atoms with E-state index < -0.39 is 0 Å². The number of nitrogens with one attached hydrogen (secondary N) is 1. The van der Waals surface area contributed by atoms with E-state index in [0.717, 1.165) is 4.70 Å². The molecule has 3 rings (SSSR count). The SMILES string of the molecule is COCCNC(=O)c1ccnc(-c2nc(=O)c3ccccc3s2)c1. The maximum atomic E-state index is 12.1. The molecule has 0 aliphatic rings. The maximum absolute atomic E-state index is 12.1. The molecule has 0 spiro atoms. The minimum Gasteiger partial charge on any atom is -0.383 e. The Hall–Kier alpha value is -2.64. The number of rotatable bonds is 5. The van der Waals surface area contributed by atoms with E-state index in [9.17, 15) is 9.59 Å². The van der Waals surface area contributed by atoms with Crippen LogP contribution < -0.4 is 10.9 Å². The van der Waals surface area contributed by atoms with Crippen molar-refractivity contribution in [2.45, 2.75) is 0 Å².